The van der Waals surface area contributed by atoms with Crippen LogP contribution in [0.2, 0.25) is 0 Å². The van der Waals surface area contributed by atoms with E-state index >= 15 is 0 Å². The van der Waals surface area contributed by atoms with Crippen LogP contribution >= 0.6 is 0 Å². The fourth-order valence-electron chi connectivity index (χ4n) is 2.91. The first-order valence-electron chi connectivity index (χ1n) is 7.97. The van der Waals surface area contributed by atoms with Gasteiger partial charge in [0.25, 0.3) is 0 Å². The average molecular weight is 329 g/mol. The van der Waals surface area contributed by atoms with Gasteiger partial charge in [0, 0.05) is 43.9 Å². The third-order valence-electron chi connectivity index (χ3n) is 4.20. The maximum Gasteiger partial charge on any atom is 0.317 e. The molecule has 3 heterocycles. The Balaban J connectivity index is 1.37. The molecule has 8 heteroatoms. The van der Waals surface area contributed by atoms with Crippen LogP contribution in [0.25, 0.3) is 11.3 Å². The summed E-state index contributed by atoms with van der Waals surface area (Å²) >= 11 is 0. The second-order valence-corrected chi connectivity index (χ2v) is 5.73. The summed E-state index contributed by atoms with van der Waals surface area (Å²) < 4.78 is 10.8. The van der Waals surface area contributed by atoms with Gasteiger partial charge in [0.2, 0.25) is 6.79 Å². The lowest BCUT2D eigenvalue weighted by atomic mass is 10.1. The van der Waals surface area contributed by atoms with Crippen LogP contribution in [0, 0.1) is 0 Å². The van der Waals surface area contributed by atoms with Gasteiger partial charge in [-0.1, -0.05) is 0 Å². The van der Waals surface area contributed by atoms with Crippen molar-refractivity contribution in [2.45, 2.75) is 6.54 Å². The van der Waals surface area contributed by atoms with Gasteiger partial charge in [-0.15, -0.1) is 0 Å². The highest BCUT2D eigenvalue weighted by Crippen LogP contribution is 2.36. The third kappa shape index (κ3) is 2.88. The van der Waals surface area contributed by atoms with E-state index in [-0.39, 0.29) is 12.8 Å². The van der Waals surface area contributed by atoms with E-state index in [1.807, 2.05) is 24.4 Å². The van der Waals surface area contributed by atoms with Gasteiger partial charge in [-0.3, -0.25) is 5.10 Å². The molecule has 0 bridgehead atoms. The SMILES string of the molecule is O=C1NCCN1CCNCc1cn[nH]c1-c1ccc2c(c1)OCO2. The number of fused-ring (bicyclic) bond motifs is 1. The van der Waals surface area contributed by atoms with Gasteiger partial charge in [0.15, 0.2) is 11.5 Å². The summed E-state index contributed by atoms with van der Waals surface area (Å²) in [5, 5.41) is 13.3. The number of H-pyrrole nitrogens is 1. The van der Waals surface area contributed by atoms with Crippen LogP contribution < -0.4 is 20.1 Å². The predicted molar refractivity (Wildman–Crippen MR) is 86.8 cm³/mol. The average Bonchev–Trinajstić information content (AvgIpc) is 3.32. The third-order valence-corrected chi connectivity index (χ3v) is 4.20. The Morgan fingerprint density at radius 1 is 1.29 bits per heavy atom. The Hall–Kier alpha value is -2.74. The number of aromatic amines is 1. The fraction of sp³-hybridized carbons (Fsp3) is 0.375. The summed E-state index contributed by atoms with van der Waals surface area (Å²) in [6, 6.07) is 5.86. The molecule has 2 amide bonds. The predicted octanol–water partition coefficient (Wildman–Crippen LogP) is 0.920. The standard InChI is InChI=1S/C16H19N5O3/c22-16-18-4-6-21(16)5-3-17-8-12-9-19-20-15(12)11-1-2-13-14(7-11)24-10-23-13/h1-2,7,9,17H,3-6,8,10H2,(H,18,22)(H,19,20). The zero-order chi connectivity index (χ0) is 16.4. The molecular weight excluding hydrogens is 310 g/mol. The molecule has 0 aliphatic carbocycles. The zero-order valence-electron chi connectivity index (χ0n) is 13.2. The summed E-state index contributed by atoms with van der Waals surface area (Å²) in [7, 11) is 0. The number of nitrogens with zero attached hydrogens (tertiary/aromatic N) is 2. The van der Waals surface area contributed by atoms with Crippen LogP contribution in [-0.2, 0) is 6.54 Å². The van der Waals surface area contributed by atoms with Gasteiger partial charge < -0.3 is 25.0 Å². The van der Waals surface area contributed by atoms with Crippen LogP contribution in [0.3, 0.4) is 0 Å². The van der Waals surface area contributed by atoms with E-state index in [1.54, 1.807) is 4.90 Å². The molecule has 24 heavy (non-hydrogen) atoms. The van der Waals surface area contributed by atoms with Gasteiger partial charge in [0.05, 0.1) is 11.9 Å². The van der Waals surface area contributed by atoms with Gasteiger partial charge in [-0.25, -0.2) is 4.79 Å². The molecule has 1 fully saturated rings. The van der Waals surface area contributed by atoms with Crippen molar-refractivity contribution in [1.82, 2.24) is 25.7 Å². The normalized spacial score (nSPS) is 15.8. The lowest BCUT2D eigenvalue weighted by Gasteiger charge is -2.14. The number of hydrogen-bond donors (Lipinski definition) is 3. The molecule has 126 valence electrons. The van der Waals surface area contributed by atoms with Gasteiger partial charge in [-0.05, 0) is 18.2 Å². The molecule has 1 saturated heterocycles. The smallest absolute Gasteiger partial charge is 0.317 e. The maximum absolute atomic E-state index is 11.5. The van der Waals surface area contributed by atoms with E-state index in [9.17, 15) is 4.79 Å². The first-order chi connectivity index (χ1) is 11.8. The van der Waals surface area contributed by atoms with Crippen LogP contribution in [-0.4, -0.2) is 54.1 Å². The van der Waals surface area contributed by atoms with Crippen LogP contribution in [0.1, 0.15) is 5.56 Å². The molecule has 3 N–H and O–H groups in total. The number of aromatic nitrogens is 2. The number of carbonyl (C=O) groups excluding carboxylic acids is 1. The molecule has 8 nitrogen and oxygen atoms in total. The number of amides is 2. The lowest BCUT2D eigenvalue weighted by molar-refractivity contribution is 0.174. The topological polar surface area (TPSA) is 91.5 Å². The number of nitrogens with one attached hydrogen (secondary N) is 3. The Morgan fingerprint density at radius 2 is 2.21 bits per heavy atom. The monoisotopic (exact) mass is 329 g/mol. The molecule has 1 aromatic carbocycles. The molecule has 0 atom stereocenters. The number of ether oxygens (including phenoxy) is 2. The van der Waals surface area contributed by atoms with Crippen molar-refractivity contribution in [3.05, 3.63) is 30.0 Å². The Morgan fingerprint density at radius 3 is 3.08 bits per heavy atom. The van der Waals surface area contributed by atoms with Crippen molar-refractivity contribution < 1.29 is 14.3 Å². The van der Waals surface area contributed by atoms with Gasteiger partial charge >= 0.3 is 6.03 Å². The Kier molecular flexibility index (Phi) is 3.96. The summed E-state index contributed by atoms with van der Waals surface area (Å²) in [6.45, 7) is 3.88. The quantitative estimate of drug-likeness (QED) is 0.686. The molecule has 2 aromatic rings. The molecule has 0 saturated carbocycles. The molecule has 2 aliphatic heterocycles. The summed E-state index contributed by atoms with van der Waals surface area (Å²) in [5.74, 6) is 1.52. The van der Waals surface area contributed by atoms with E-state index in [1.165, 1.54) is 0 Å². The molecule has 0 radical (unpaired) electrons. The Labute approximate surface area is 139 Å². The second-order valence-electron chi connectivity index (χ2n) is 5.73. The molecular formula is C16H19N5O3. The van der Waals surface area contributed by atoms with Crippen molar-refractivity contribution in [1.29, 1.82) is 0 Å². The maximum atomic E-state index is 11.5. The molecule has 0 unspecified atom stereocenters. The van der Waals surface area contributed by atoms with E-state index in [0.717, 1.165) is 48.0 Å². The van der Waals surface area contributed by atoms with E-state index in [4.69, 9.17) is 9.47 Å². The van der Waals surface area contributed by atoms with Crippen molar-refractivity contribution >= 4 is 6.03 Å². The zero-order valence-corrected chi connectivity index (χ0v) is 13.2. The highest BCUT2D eigenvalue weighted by molar-refractivity contribution is 5.76. The number of hydrogen-bond acceptors (Lipinski definition) is 5. The number of rotatable bonds is 6. The van der Waals surface area contributed by atoms with Crippen molar-refractivity contribution in [3.63, 3.8) is 0 Å². The molecule has 2 aliphatic rings. The van der Waals surface area contributed by atoms with Crippen molar-refractivity contribution in [2.75, 3.05) is 33.0 Å². The highest BCUT2D eigenvalue weighted by atomic mass is 16.7. The van der Waals surface area contributed by atoms with Gasteiger partial charge in [0.1, 0.15) is 0 Å². The largest absolute Gasteiger partial charge is 0.454 e. The number of urea groups is 1. The highest BCUT2D eigenvalue weighted by Gasteiger charge is 2.19. The Bertz CT molecular complexity index is 745. The van der Waals surface area contributed by atoms with E-state index < -0.39 is 0 Å². The fourth-order valence-corrected chi connectivity index (χ4v) is 2.91. The minimum Gasteiger partial charge on any atom is -0.454 e. The van der Waals surface area contributed by atoms with Gasteiger partial charge in [-0.2, -0.15) is 5.10 Å². The van der Waals surface area contributed by atoms with E-state index in [0.29, 0.717) is 13.1 Å². The minimum absolute atomic E-state index is 0.0150. The summed E-state index contributed by atoms with van der Waals surface area (Å²) in [4.78, 5) is 13.3. The van der Waals surface area contributed by atoms with Crippen LogP contribution in [0.4, 0.5) is 4.79 Å². The second kappa shape index (κ2) is 6.40. The lowest BCUT2D eigenvalue weighted by Crippen LogP contribution is -2.34. The number of carbonyl (C=O) groups is 1. The van der Waals surface area contributed by atoms with Crippen molar-refractivity contribution in [2.24, 2.45) is 0 Å². The first kappa shape index (κ1) is 14.8. The summed E-state index contributed by atoms with van der Waals surface area (Å²) in [6.07, 6.45) is 1.81. The van der Waals surface area contributed by atoms with Crippen LogP contribution in [0.15, 0.2) is 24.4 Å². The van der Waals surface area contributed by atoms with Crippen molar-refractivity contribution in [3.8, 4) is 22.8 Å². The molecule has 1 aromatic heterocycles. The summed E-state index contributed by atoms with van der Waals surface area (Å²) in [5.41, 5.74) is 3.03. The minimum atomic E-state index is 0.0150. The van der Waals surface area contributed by atoms with Crippen LogP contribution in [0.5, 0.6) is 11.5 Å². The molecule has 4 rings (SSSR count). The van der Waals surface area contributed by atoms with E-state index in [2.05, 4.69) is 20.8 Å². The first-order valence-corrected chi connectivity index (χ1v) is 7.97. The molecule has 0 spiro atoms. The number of benzene rings is 1.